The van der Waals surface area contributed by atoms with Crippen LogP contribution in [0, 0.1) is 5.92 Å². The van der Waals surface area contributed by atoms with Crippen molar-refractivity contribution in [3.8, 4) is 11.5 Å². The smallest absolute Gasteiger partial charge is 0.164 e. The molecule has 3 heteroatoms. The number of hydrogen-bond acceptors (Lipinski definition) is 3. The van der Waals surface area contributed by atoms with Gasteiger partial charge in [0.15, 0.2) is 11.5 Å². The van der Waals surface area contributed by atoms with Crippen molar-refractivity contribution in [1.82, 2.24) is 5.32 Å². The first-order valence-corrected chi connectivity index (χ1v) is 5.40. The van der Waals surface area contributed by atoms with E-state index in [1.54, 1.807) is 7.11 Å². The zero-order chi connectivity index (χ0) is 10.3. The standard InChI is InChI=1S/C12H15NO2/c1-14-11-4-2-3-9-10-6-13-5-8(10)7-15-12(9)11/h2-4,8,10,13H,5-7H2,1H3. The lowest BCUT2D eigenvalue weighted by atomic mass is 9.87. The summed E-state index contributed by atoms with van der Waals surface area (Å²) >= 11 is 0. The molecule has 0 aromatic heterocycles. The van der Waals surface area contributed by atoms with Gasteiger partial charge in [-0.3, -0.25) is 0 Å². The molecule has 2 aliphatic rings. The number of nitrogens with one attached hydrogen (secondary N) is 1. The van der Waals surface area contributed by atoms with Crippen LogP contribution in [0.15, 0.2) is 18.2 Å². The minimum atomic E-state index is 0.601. The lowest BCUT2D eigenvalue weighted by molar-refractivity contribution is 0.209. The fourth-order valence-electron chi connectivity index (χ4n) is 2.60. The highest BCUT2D eigenvalue weighted by molar-refractivity contribution is 5.50. The molecule has 0 bridgehead atoms. The van der Waals surface area contributed by atoms with Crippen molar-refractivity contribution in [3.63, 3.8) is 0 Å². The van der Waals surface area contributed by atoms with Gasteiger partial charge in [-0.25, -0.2) is 0 Å². The van der Waals surface area contributed by atoms with Crippen molar-refractivity contribution in [2.75, 3.05) is 26.8 Å². The van der Waals surface area contributed by atoms with Crippen LogP contribution in [-0.4, -0.2) is 26.8 Å². The van der Waals surface area contributed by atoms with Gasteiger partial charge in [-0.2, -0.15) is 0 Å². The molecule has 0 amide bonds. The first kappa shape index (κ1) is 9.04. The van der Waals surface area contributed by atoms with E-state index in [2.05, 4.69) is 11.4 Å². The summed E-state index contributed by atoms with van der Waals surface area (Å²) in [5.74, 6) is 3.04. The summed E-state index contributed by atoms with van der Waals surface area (Å²) in [7, 11) is 1.69. The molecule has 1 aromatic rings. The summed E-state index contributed by atoms with van der Waals surface area (Å²) < 4.78 is 11.1. The van der Waals surface area contributed by atoms with Crippen molar-refractivity contribution < 1.29 is 9.47 Å². The zero-order valence-electron chi connectivity index (χ0n) is 8.82. The molecule has 15 heavy (non-hydrogen) atoms. The quantitative estimate of drug-likeness (QED) is 0.751. The zero-order valence-corrected chi connectivity index (χ0v) is 8.82. The molecular weight excluding hydrogens is 190 g/mol. The highest BCUT2D eigenvalue weighted by Gasteiger charge is 2.35. The van der Waals surface area contributed by atoms with E-state index < -0.39 is 0 Å². The predicted molar refractivity (Wildman–Crippen MR) is 57.6 cm³/mol. The Balaban J connectivity index is 2.07. The summed E-state index contributed by atoms with van der Waals surface area (Å²) in [4.78, 5) is 0. The maximum atomic E-state index is 5.79. The van der Waals surface area contributed by atoms with Gasteiger partial charge in [0.25, 0.3) is 0 Å². The van der Waals surface area contributed by atoms with Crippen LogP contribution >= 0.6 is 0 Å². The van der Waals surface area contributed by atoms with Crippen LogP contribution in [0.25, 0.3) is 0 Å². The van der Waals surface area contributed by atoms with Crippen LogP contribution < -0.4 is 14.8 Å². The molecule has 2 aliphatic heterocycles. The average Bonchev–Trinajstić information content (AvgIpc) is 2.76. The molecule has 1 N–H and O–H groups in total. The second-order valence-electron chi connectivity index (χ2n) is 4.21. The minimum Gasteiger partial charge on any atom is -0.493 e. The van der Waals surface area contributed by atoms with Gasteiger partial charge >= 0.3 is 0 Å². The molecule has 1 saturated heterocycles. The minimum absolute atomic E-state index is 0.601. The van der Waals surface area contributed by atoms with Crippen molar-refractivity contribution in [2.24, 2.45) is 5.92 Å². The third-order valence-electron chi connectivity index (χ3n) is 3.41. The van der Waals surface area contributed by atoms with Gasteiger partial charge in [-0.05, 0) is 6.07 Å². The first-order valence-electron chi connectivity index (χ1n) is 5.40. The third-order valence-corrected chi connectivity index (χ3v) is 3.41. The van der Waals surface area contributed by atoms with E-state index in [1.165, 1.54) is 5.56 Å². The molecule has 2 unspecified atom stereocenters. The molecule has 80 valence electrons. The molecule has 2 heterocycles. The summed E-state index contributed by atoms with van der Waals surface area (Å²) in [5.41, 5.74) is 1.30. The van der Waals surface area contributed by atoms with Gasteiger partial charge in [0.05, 0.1) is 13.7 Å². The Kier molecular flexibility index (Phi) is 2.06. The van der Waals surface area contributed by atoms with Gasteiger partial charge in [0, 0.05) is 30.5 Å². The summed E-state index contributed by atoms with van der Waals surface area (Å²) in [6.07, 6.45) is 0. The van der Waals surface area contributed by atoms with Crippen molar-refractivity contribution >= 4 is 0 Å². The van der Waals surface area contributed by atoms with Gasteiger partial charge in [-0.1, -0.05) is 12.1 Å². The highest BCUT2D eigenvalue weighted by atomic mass is 16.5. The van der Waals surface area contributed by atoms with E-state index in [4.69, 9.17) is 9.47 Å². The number of benzene rings is 1. The maximum absolute atomic E-state index is 5.79. The first-order chi connectivity index (χ1) is 7.40. The number of para-hydroxylation sites is 1. The Morgan fingerprint density at radius 2 is 2.33 bits per heavy atom. The lowest BCUT2D eigenvalue weighted by Gasteiger charge is -2.28. The average molecular weight is 205 g/mol. The molecule has 1 aromatic carbocycles. The third kappa shape index (κ3) is 1.30. The van der Waals surface area contributed by atoms with Crippen molar-refractivity contribution in [1.29, 1.82) is 0 Å². The second kappa shape index (κ2) is 3.42. The topological polar surface area (TPSA) is 30.5 Å². The largest absolute Gasteiger partial charge is 0.493 e. The van der Waals surface area contributed by atoms with Gasteiger partial charge < -0.3 is 14.8 Å². The number of fused-ring (bicyclic) bond motifs is 3. The monoisotopic (exact) mass is 205 g/mol. The molecule has 0 radical (unpaired) electrons. The number of rotatable bonds is 1. The summed E-state index contributed by atoms with van der Waals surface area (Å²) in [5, 5.41) is 3.42. The van der Waals surface area contributed by atoms with Gasteiger partial charge in [0.1, 0.15) is 0 Å². The lowest BCUT2D eigenvalue weighted by Crippen LogP contribution is -2.25. The summed E-state index contributed by atoms with van der Waals surface area (Å²) in [6.45, 7) is 2.94. The van der Waals surface area contributed by atoms with Gasteiger partial charge in [0.2, 0.25) is 0 Å². The van der Waals surface area contributed by atoms with E-state index in [1.807, 2.05) is 12.1 Å². The van der Waals surface area contributed by atoms with Crippen LogP contribution in [0.1, 0.15) is 11.5 Å². The molecule has 0 spiro atoms. The van der Waals surface area contributed by atoms with Crippen LogP contribution in [0.4, 0.5) is 0 Å². The number of methoxy groups -OCH3 is 1. The SMILES string of the molecule is COc1cccc2c1OCC1CNCC21. The Hall–Kier alpha value is -1.22. The summed E-state index contributed by atoms with van der Waals surface area (Å²) in [6, 6.07) is 6.16. The van der Waals surface area contributed by atoms with E-state index in [0.29, 0.717) is 11.8 Å². The Bertz CT molecular complexity index is 378. The highest BCUT2D eigenvalue weighted by Crippen LogP contribution is 2.43. The molecule has 1 fully saturated rings. The molecule has 0 saturated carbocycles. The molecule has 0 aliphatic carbocycles. The van der Waals surface area contributed by atoms with Gasteiger partial charge in [-0.15, -0.1) is 0 Å². The molecule has 3 rings (SSSR count). The second-order valence-corrected chi connectivity index (χ2v) is 4.21. The molecule has 2 atom stereocenters. The van der Waals surface area contributed by atoms with E-state index in [-0.39, 0.29) is 0 Å². The van der Waals surface area contributed by atoms with Crippen LogP contribution in [0.5, 0.6) is 11.5 Å². The predicted octanol–water partition coefficient (Wildman–Crippen LogP) is 1.39. The van der Waals surface area contributed by atoms with E-state index >= 15 is 0 Å². The molecule has 3 nitrogen and oxygen atoms in total. The fourth-order valence-corrected chi connectivity index (χ4v) is 2.60. The van der Waals surface area contributed by atoms with Crippen molar-refractivity contribution in [3.05, 3.63) is 23.8 Å². The Morgan fingerprint density at radius 1 is 1.40 bits per heavy atom. The van der Waals surface area contributed by atoms with Crippen molar-refractivity contribution in [2.45, 2.75) is 5.92 Å². The Morgan fingerprint density at radius 3 is 3.20 bits per heavy atom. The number of ether oxygens (including phenoxy) is 2. The van der Waals surface area contributed by atoms with Crippen LogP contribution in [0.2, 0.25) is 0 Å². The van der Waals surface area contributed by atoms with E-state index in [0.717, 1.165) is 31.2 Å². The van der Waals surface area contributed by atoms with Crippen LogP contribution in [0.3, 0.4) is 0 Å². The fraction of sp³-hybridized carbons (Fsp3) is 0.500. The van der Waals surface area contributed by atoms with Crippen LogP contribution in [-0.2, 0) is 0 Å². The maximum Gasteiger partial charge on any atom is 0.164 e. The number of hydrogen-bond donors (Lipinski definition) is 1. The van der Waals surface area contributed by atoms with E-state index in [9.17, 15) is 0 Å². The Labute approximate surface area is 89.4 Å². The normalized spacial score (nSPS) is 27.8. The molecular formula is C12H15NO2.